The average Bonchev–Trinajstić information content (AvgIpc) is 3.11. The van der Waals surface area contributed by atoms with Crippen LogP contribution in [-0.2, 0) is 0 Å². The van der Waals surface area contributed by atoms with Gasteiger partial charge in [-0.25, -0.2) is 0 Å². The molecule has 0 amide bonds. The molecular formula is C42H40P2. The van der Waals surface area contributed by atoms with Gasteiger partial charge in [0.1, 0.15) is 0 Å². The Morgan fingerprint density at radius 1 is 0.386 bits per heavy atom. The molecule has 0 N–H and O–H groups in total. The summed E-state index contributed by atoms with van der Waals surface area (Å²) in [5.74, 6) is 0. The van der Waals surface area contributed by atoms with Gasteiger partial charge in [0.25, 0.3) is 0 Å². The maximum absolute atomic E-state index is 2.60. The van der Waals surface area contributed by atoms with Crippen LogP contribution in [0.4, 0.5) is 0 Å². The van der Waals surface area contributed by atoms with Crippen LogP contribution in [0.25, 0.3) is 0 Å². The number of rotatable bonds is 11. The van der Waals surface area contributed by atoms with Crippen molar-refractivity contribution in [3.05, 3.63) is 193 Å². The first-order chi connectivity index (χ1) is 21.7. The van der Waals surface area contributed by atoms with Crippen LogP contribution in [-0.4, -0.2) is 0 Å². The highest BCUT2D eigenvalue weighted by molar-refractivity contribution is 7.74. The van der Waals surface area contributed by atoms with Gasteiger partial charge in [0, 0.05) is 11.3 Å². The van der Waals surface area contributed by atoms with Crippen molar-refractivity contribution in [3.8, 4) is 0 Å². The normalized spacial score (nSPS) is 14.2. The van der Waals surface area contributed by atoms with Crippen molar-refractivity contribution in [2.45, 2.75) is 31.6 Å². The van der Waals surface area contributed by atoms with E-state index in [2.05, 4.69) is 196 Å². The molecule has 0 aliphatic heterocycles. The van der Waals surface area contributed by atoms with Crippen molar-refractivity contribution in [1.82, 2.24) is 0 Å². The van der Waals surface area contributed by atoms with Crippen molar-refractivity contribution in [2.75, 3.05) is 0 Å². The summed E-state index contributed by atoms with van der Waals surface area (Å²) in [7, 11) is -1.52. The molecule has 2 unspecified atom stereocenters. The highest BCUT2D eigenvalue weighted by Crippen LogP contribution is 2.70. The summed E-state index contributed by atoms with van der Waals surface area (Å²) in [5.41, 5.74) is 3.30. The van der Waals surface area contributed by atoms with E-state index >= 15 is 0 Å². The van der Waals surface area contributed by atoms with Crippen LogP contribution in [0.3, 0.4) is 0 Å². The molecule has 2 heteroatoms. The minimum Gasteiger partial charge on any atom is -0.0648 e. The zero-order valence-electron chi connectivity index (χ0n) is 25.6. The Kier molecular flexibility index (Phi) is 9.83. The molecule has 0 aromatic heterocycles. The Morgan fingerprint density at radius 2 is 0.614 bits per heavy atom. The standard InChI is InChI=1S/C42H40P2/c1-3-42(2,40(34-22-10-4-11-23-34)43(36-26-14-6-15-27-36)37-28-16-7-17-29-37)41(35-24-12-5-13-25-35)44(38-30-18-8-19-31-38)39-32-20-9-21-33-39/h4-33,40-41H,3H2,1-2H3. The summed E-state index contributed by atoms with van der Waals surface area (Å²) in [6.45, 7) is 5.03. The molecule has 0 nitrogen and oxygen atoms in total. The Balaban J connectivity index is 1.67. The molecule has 0 fully saturated rings. The molecule has 6 aromatic carbocycles. The van der Waals surface area contributed by atoms with E-state index < -0.39 is 15.8 Å². The lowest BCUT2D eigenvalue weighted by molar-refractivity contribution is 0.286. The molecule has 0 saturated heterocycles. The van der Waals surface area contributed by atoms with Gasteiger partial charge in [-0.15, -0.1) is 0 Å². The zero-order chi connectivity index (χ0) is 30.2. The molecule has 0 radical (unpaired) electrons. The van der Waals surface area contributed by atoms with Crippen LogP contribution < -0.4 is 21.2 Å². The van der Waals surface area contributed by atoms with E-state index in [1.807, 2.05) is 0 Å². The van der Waals surface area contributed by atoms with Crippen LogP contribution in [0.15, 0.2) is 182 Å². The fraction of sp³-hybridized carbons (Fsp3) is 0.143. The first-order valence-corrected chi connectivity index (χ1v) is 18.4. The zero-order valence-corrected chi connectivity index (χ0v) is 27.4. The quantitative estimate of drug-likeness (QED) is 0.129. The van der Waals surface area contributed by atoms with Crippen LogP contribution in [0, 0.1) is 5.41 Å². The van der Waals surface area contributed by atoms with E-state index in [9.17, 15) is 0 Å². The van der Waals surface area contributed by atoms with E-state index in [0.29, 0.717) is 0 Å². The third kappa shape index (κ3) is 6.35. The lowest BCUT2D eigenvalue weighted by Gasteiger charge is -2.50. The van der Waals surface area contributed by atoms with E-state index in [1.165, 1.54) is 32.3 Å². The van der Waals surface area contributed by atoms with E-state index in [1.54, 1.807) is 0 Å². The molecule has 6 rings (SSSR count). The molecule has 218 valence electrons. The number of hydrogen-bond acceptors (Lipinski definition) is 0. The minimum absolute atomic E-state index is 0.0997. The first-order valence-electron chi connectivity index (χ1n) is 15.6. The van der Waals surface area contributed by atoms with E-state index in [4.69, 9.17) is 0 Å². The van der Waals surface area contributed by atoms with Gasteiger partial charge in [0.05, 0.1) is 0 Å². The number of benzene rings is 6. The third-order valence-electron chi connectivity index (χ3n) is 8.90. The summed E-state index contributed by atoms with van der Waals surface area (Å²) >= 11 is 0. The van der Waals surface area contributed by atoms with Crippen molar-refractivity contribution < 1.29 is 0 Å². The summed E-state index contributed by atoms with van der Waals surface area (Å²) in [6.07, 6.45) is 1.04. The lowest BCUT2D eigenvalue weighted by Crippen LogP contribution is -2.37. The van der Waals surface area contributed by atoms with Gasteiger partial charge in [-0.3, -0.25) is 0 Å². The molecule has 2 atom stereocenters. The summed E-state index contributed by atoms with van der Waals surface area (Å²) in [5, 5.41) is 5.71. The second-order valence-corrected chi connectivity index (χ2v) is 16.1. The maximum Gasteiger partial charge on any atom is 0.0185 e. The average molecular weight is 607 g/mol. The Hall–Kier alpha value is -3.82. The van der Waals surface area contributed by atoms with Gasteiger partial charge in [0.2, 0.25) is 0 Å². The van der Waals surface area contributed by atoms with E-state index in [0.717, 1.165) is 6.42 Å². The molecule has 0 aliphatic rings. The second kappa shape index (κ2) is 14.3. The molecule has 0 aliphatic carbocycles. The monoisotopic (exact) mass is 606 g/mol. The summed E-state index contributed by atoms with van der Waals surface area (Å²) < 4.78 is 0. The van der Waals surface area contributed by atoms with Crippen molar-refractivity contribution in [1.29, 1.82) is 0 Å². The highest BCUT2D eigenvalue weighted by Gasteiger charge is 2.49. The fourth-order valence-electron chi connectivity index (χ4n) is 6.71. The van der Waals surface area contributed by atoms with Crippen molar-refractivity contribution in [2.24, 2.45) is 5.41 Å². The SMILES string of the molecule is CCC(C)(C(c1ccccc1)P(c1ccccc1)c1ccccc1)C(c1ccccc1)P(c1ccccc1)c1ccccc1. The molecule has 0 spiro atoms. The molecule has 6 aromatic rings. The lowest BCUT2D eigenvalue weighted by atomic mass is 9.75. The molecule has 44 heavy (non-hydrogen) atoms. The van der Waals surface area contributed by atoms with Gasteiger partial charge in [-0.1, -0.05) is 196 Å². The number of hydrogen-bond donors (Lipinski definition) is 0. The fourth-order valence-corrected chi connectivity index (χ4v) is 13.4. The smallest absolute Gasteiger partial charge is 0.0185 e. The molecule has 0 saturated carbocycles. The summed E-state index contributed by atoms with van der Waals surface area (Å²) in [6, 6.07) is 68.0. The topological polar surface area (TPSA) is 0 Å². The molecule has 0 heterocycles. The van der Waals surface area contributed by atoms with Gasteiger partial charge >= 0.3 is 0 Å². The molecular weight excluding hydrogens is 566 g/mol. The third-order valence-corrected chi connectivity index (χ3v) is 15.1. The van der Waals surface area contributed by atoms with Gasteiger partial charge in [-0.2, -0.15) is 0 Å². The minimum atomic E-state index is -0.759. The van der Waals surface area contributed by atoms with Gasteiger partial charge in [-0.05, 0) is 60.0 Å². The van der Waals surface area contributed by atoms with Crippen LogP contribution in [0.1, 0.15) is 42.7 Å². The summed E-state index contributed by atoms with van der Waals surface area (Å²) in [4.78, 5) is 0. The molecule has 0 bridgehead atoms. The van der Waals surface area contributed by atoms with E-state index in [-0.39, 0.29) is 16.7 Å². The predicted molar refractivity (Wildman–Crippen MR) is 195 cm³/mol. The van der Waals surface area contributed by atoms with Crippen molar-refractivity contribution >= 4 is 37.1 Å². The van der Waals surface area contributed by atoms with Crippen LogP contribution in [0.2, 0.25) is 0 Å². The second-order valence-electron chi connectivity index (χ2n) is 11.6. The van der Waals surface area contributed by atoms with Crippen molar-refractivity contribution in [3.63, 3.8) is 0 Å². The largest absolute Gasteiger partial charge is 0.0648 e. The predicted octanol–water partition coefficient (Wildman–Crippen LogP) is 10.2. The van der Waals surface area contributed by atoms with Gasteiger partial charge in [0.15, 0.2) is 0 Å². The Morgan fingerprint density at radius 3 is 0.841 bits per heavy atom. The van der Waals surface area contributed by atoms with Gasteiger partial charge < -0.3 is 0 Å². The first kappa shape index (κ1) is 30.2. The van der Waals surface area contributed by atoms with Crippen LogP contribution >= 0.6 is 15.8 Å². The maximum atomic E-state index is 2.60. The highest BCUT2D eigenvalue weighted by atomic mass is 31.1. The van der Waals surface area contributed by atoms with Crippen LogP contribution in [0.5, 0.6) is 0 Å². The Bertz CT molecular complexity index is 1480. The Labute approximate surface area is 266 Å².